The fourth-order valence-electron chi connectivity index (χ4n) is 4.72. The number of esters is 2. The smallest absolute Gasteiger partial charge is 0.343 e. The second kappa shape index (κ2) is 14.1. The Hall–Kier alpha value is -4.78. The second-order valence-electron chi connectivity index (χ2n) is 9.26. The average Bonchev–Trinajstić information content (AvgIpc) is 3.32. The Morgan fingerprint density at radius 2 is 1.64 bits per heavy atom. The van der Waals surface area contributed by atoms with E-state index in [1.807, 2.05) is 0 Å². The molecule has 0 aliphatic carbocycles. The normalized spacial score (nSPS) is 14.3. The molecule has 0 saturated heterocycles. The molecule has 0 N–H and O–H groups in total. The summed E-state index contributed by atoms with van der Waals surface area (Å²) in [6, 6.07) is 7.57. The maximum atomic E-state index is 14.1. The molecule has 44 heavy (non-hydrogen) atoms. The van der Waals surface area contributed by atoms with Crippen molar-refractivity contribution in [2.75, 3.05) is 48.3 Å². The van der Waals surface area contributed by atoms with Crippen molar-refractivity contribution in [2.24, 2.45) is 4.99 Å². The van der Waals surface area contributed by atoms with E-state index in [0.717, 1.165) is 0 Å². The molecule has 1 aliphatic rings. The van der Waals surface area contributed by atoms with Gasteiger partial charge < -0.3 is 33.2 Å². The molecule has 12 nitrogen and oxygen atoms in total. The van der Waals surface area contributed by atoms with Crippen LogP contribution in [0.3, 0.4) is 0 Å². The fourth-order valence-corrected chi connectivity index (χ4v) is 5.77. The van der Waals surface area contributed by atoms with Crippen LogP contribution in [0.4, 0.5) is 0 Å². The van der Waals surface area contributed by atoms with Gasteiger partial charge in [-0.05, 0) is 62.2 Å². The van der Waals surface area contributed by atoms with E-state index in [1.165, 1.54) is 44.3 Å². The molecule has 234 valence electrons. The van der Waals surface area contributed by atoms with Gasteiger partial charge in [0.15, 0.2) is 34.4 Å². The van der Waals surface area contributed by atoms with Gasteiger partial charge in [-0.2, -0.15) is 0 Å². The molecule has 0 radical (unpaired) electrons. The third-order valence-corrected chi connectivity index (χ3v) is 7.64. The number of carbonyl (C=O) groups is 2. The molecule has 2 heterocycles. The van der Waals surface area contributed by atoms with Crippen LogP contribution in [0.2, 0.25) is 0 Å². The highest BCUT2D eigenvalue weighted by Crippen LogP contribution is 2.39. The lowest BCUT2D eigenvalue weighted by atomic mass is 9.95. The topological polar surface area (TPSA) is 133 Å². The van der Waals surface area contributed by atoms with Crippen LogP contribution in [-0.2, 0) is 19.1 Å². The van der Waals surface area contributed by atoms with Crippen molar-refractivity contribution in [3.63, 3.8) is 0 Å². The molecule has 1 atom stereocenters. The lowest BCUT2D eigenvalue weighted by molar-refractivity contribution is -0.143. The first-order chi connectivity index (χ1) is 21.2. The van der Waals surface area contributed by atoms with Gasteiger partial charge in [-0.25, -0.2) is 14.6 Å². The number of allylic oxidation sites excluding steroid dienone is 1. The molecule has 13 heteroatoms. The first kappa shape index (κ1) is 32.1. The monoisotopic (exact) mass is 626 g/mol. The van der Waals surface area contributed by atoms with Gasteiger partial charge in [-0.3, -0.25) is 9.36 Å². The molecule has 0 spiro atoms. The van der Waals surface area contributed by atoms with Gasteiger partial charge in [0.05, 0.1) is 63.5 Å². The zero-order valence-corrected chi connectivity index (χ0v) is 26.4. The molecular weight excluding hydrogens is 592 g/mol. The van der Waals surface area contributed by atoms with Crippen molar-refractivity contribution < 1.29 is 42.7 Å². The number of hydrogen-bond acceptors (Lipinski definition) is 12. The summed E-state index contributed by atoms with van der Waals surface area (Å²) in [6.07, 6.45) is 1.70. The molecule has 0 saturated carbocycles. The summed E-state index contributed by atoms with van der Waals surface area (Å²) in [4.78, 5) is 44.1. The summed E-state index contributed by atoms with van der Waals surface area (Å²) in [7, 11) is 5.80. The first-order valence-corrected chi connectivity index (χ1v) is 14.5. The van der Waals surface area contributed by atoms with E-state index in [1.54, 1.807) is 57.2 Å². The molecular formula is C31H34N2O10S. The van der Waals surface area contributed by atoms with Crippen LogP contribution >= 0.6 is 11.3 Å². The first-order valence-electron chi connectivity index (χ1n) is 13.7. The quantitative estimate of drug-likeness (QED) is 0.277. The van der Waals surface area contributed by atoms with Crippen molar-refractivity contribution in [1.29, 1.82) is 0 Å². The number of fused-ring (bicyclic) bond motifs is 1. The lowest BCUT2D eigenvalue weighted by Crippen LogP contribution is -2.40. The van der Waals surface area contributed by atoms with Crippen molar-refractivity contribution >= 4 is 29.4 Å². The van der Waals surface area contributed by atoms with Gasteiger partial charge in [-0.15, -0.1) is 0 Å². The Morgan fingerprint density at radius 1 is 0.932 bits per heavy atom. The molecule has 0 bridgehead atoms. The van der Waals surface area contributed by atoms with Gasteiger partial charge in [-0.1, -0.05) is 17.4 Å². The molecule has 1 aromatic heterocycles. The van der Waals surface area contributed by atoms with Crippen LogP contribution in [-0.4, -0.2) is 64.8 Å². The minimum absolute atomic E-state index is 0.137. The zero-order valence-electron chi connectivity index (χ0n) is 25.5. The number of hydrogen-bond donors (Lipinski definition) is 0. The summed E-state index contributed by atoms with van der Waals surface area (Å²) in [6.45, 7) is 5.33. The Kier molecular flexibility index (Phi) is 10.3. The third-order valence-electron chi connectivity index (χ3n) is 6.66. The molecule has 2 aromatic carbocycles. The Labute approximate surface area is 257 Å². The summed E-state index contributed by atoms with van der Waals surface area (Å²) >= 11 is 1.18. The summed E-state index contributed by atoms with van der Waals surface area (Å²) < 4.78 is 39.7. The molecule has 1 aliphatic heterocycles. The van der Waals surface area contributed by atoms with E-state index < -0.39 is 18.0 Å². The number of aromatic nitrogens is 1. The third kappa shape index (κ3) is 6.42. The van der Waals surface area contributed by atoms with Crippen molar-refractivity contribution in [1.82, 2.24) is 4.57 Å². The highest BCUT2D eigenvalue weighted by Gasteiger charge is 2.34. The SMILES string of the molecule is CCOC(=O)C1=C(C)N=c2s/c(=C\c3cc(OC)c(OC)c(OC)c3)c(=O)n2[C@H]1c1ccc(OCC(=O)OC)c(OCC)c1. The van der Waals surface area contributed by atoms with Gasteiger partial charge >= 0.3 is 11.9 Å². The fraction of sp³-hybridized carbons (Fsp3) is 0.355. The molecule has 0 unspecified atom stereocenters. The molecule has 0 amide bonds. The summed E-state index contributed by atoms with van der Waals surface area (Å²) in [5.74, 6) is 0.762. The zero-order chi connectivity index (χ0) is 32.0. The maximum absolute atomic E-state index is 14.1. The van der Waals surface area contributed by atoms with Gasteiger partial charge in [0.2, 0.25) is 5.75 Å². The minimum Gasteiger partial charge on any atom is -0.493 e. The van der Waals surface area contributed by atoms with E-state index in [0.29, 0.717) is 61.5 Å². The van der Waals surface area contributed by atoms with E-state index >= 15 is 0 Å². The van der Waals surface area contributed by atoms with Gasteiger partial charge in [0.25, 0.3) is 5.56 Å². The number of nitrogens with zero attached hydrogens (tertiary/aromatic N) is 2. The summed E-state index contributed by atoms with van der Waals surface area (Å²) in [5, 5.41) is 0. The average molecular weight is 627 g/mol. The largest absolute Gasteiger partial charge is 0.493 e. The molecule has 0 fully saturated rings. The van der Waals surface area contributed by atoms with E-state index in [4.69, 9.17) is 28.4 Å². The predicted molar refractivity (Wildman–Crippen MR) is 162 cm³/mol. The Balaban J connectivity index is 1.92. The Morgan fingerprint density at radius 3 is 2.23 bits per heavy atom. The van der Waals surface area contributed by atoms with Gasteiger partial charge in [0, 0.05) is 0 Å². The van der Waals surface area contributed by atoms with Gasteiger partial charge in [0.1, 0.15) is 0 Å². The maximum Gasteiger partial charge on any atom is 0.343 e. The number of benzene rings is 2. The highest BCUT2D eigenvalue weighted by atomic mass is 32.1. The predicted octanol–water partition coefficient (Wildman–Crippen LogP) is 2.77. The second-order valence-corrected chi connectivity index (χ2v) is 10.3. The van der Waals surface area contributed by atoms with Crippen LogP contribution in [0.15, 0.2) is 51.4 Å². The number of rotatable bonds is 12. The van der Waals surface area contributed by atoms with E-state index in [9.17, 15) is 14.4 Å². The van der Waals surface area contributed by atoms with Crippen LogP contribution in [0.5, 0.6) is 28.7 Å². The number of ether oxygens (including phenoxy) is 7. The van der Waals surface area contributed by atoms with Crippen LogP contribution in [0, 0.1) is 0 Å². The Bertz CT molecular complexity index is 1750. The van der Waals surface area contributed by atoms with Crippen molar-refractivity contribution in [3.8, 4) is 28.7 Å². The van der Waals surface area contributed by atoms with Crippen molar-refractivity contribution in [2.45, 2.75) is 26.8 Å². The van der Waals surface area contributed by atoms with Crippen molar-refractivity contribution in [3.05, 3.63) is 72.4 Å². The lowest BCUT2D eigenvalue weighted by Gasteiger charge is -2.25. The number of carbonyl (C=O) groups excluding carboxylic acids is 2. The van der Waals surface area contributed by atoms with Crippen LogP contribution < -0.4 is 38.6 Å². The number of methoxy groups -OCH3 is 4. The highest BCUT2D eigenvalue weighted by molar-refractivity contribution is 7.07. The minimum atomic E-state index is -0.888. The molecule has 3 aromatic rings. The number of thiazole rings is 1. The van der Waals surface area contributed by atoms with Crippen LogP contribution in [0.25, 0.3) is 6.08 Å². The summed E-state index contributed by atoms with van der Waals surface area (Å²) in [5.41, 5.74) is 1.44. The molecule has 4 rings (SSSR count). The van der Waals surface area contributed by atoms with E-state index in [-0.39, 0.29) is 24.3 Å². The van der Waals surface area contributed by atoms with Crippen LogP contribution in [0.1, 0.15) is 37.9 Å². The van der Waals surface area contributed by atoms with E-state index in [2.05, 4.69) is 9.73 Å². The standard InChI is InChI=1S/C31H34N2O10S/c1-8-41-21-15-19(10-11-20(21)43-16-25(34)39-6)27-26(30(36)42-9-2)17(3)32-31-33(27)29(35)24(44-31)14-18-12-22(37-4)28(40-7)23(13-18)38-5/h10-15,27H,8-9,16H2,1-7H3/b24-14-/t27-/m0/s1.